The van der Waals surface area contributed by atoms with E-state index in [9.17, 15) is 13.4 Å². The largest absolute Gasteiger partial charge is 0.396 e. The third-order valence-corrected chi connectivity index (χ3v) is 1.48. The molecule has 0 spiro atoms. The molecule has 0 saturated heterocycles. The zero-order valence-electron chi connectivity index (χ0n) is 7.77. The van der Waals surface area contributed by atoms with Crippen LogP contribution in [0.4, 0.5) is 19.1 Å². The summed E-state index contributed by atoms with van der Waals surface area (Å²) in [6, 6.07) is 7.27. The van der Waals surface area contributed by atoms with Crippen LogP contribution in [0.25, 0.3) is 0 Å². The van der Waals surface area contributed by atoms with Crippen molar-refractivity contribution in [3.8, 4) is 0 Å². The van der Waals surface area contributed by atoms with Gasteiger partial charge in [-0.25, -0.2) is 0 Å². The Hall–Kier alpha value is -1.92. The average molecular weight is 219 g/mol. The fourth-order valence-electron chi connectivity index (χ4n) is 0.889. The van der Waals surface area contributed by atoms with Crippen LogP contribution in [0.2, 0.25) is 0 Å². The van der Waals surface area contributed by atoms with Crippen LogP contribution in [0.15, 0.2) is 35.5 Å². The molecule has 0 unspecified atom stereocenters. The van der Waals surface area contributed by atoms with Crippen molar-refractivity contribution in [2.45, 2.75) is 0 Å². The molecule has 0 aliphatic rings. The molecule has 82 valence electrons. The first-order valence-corrected chi connectivity index (χ1v) is 3.90. The lowest BCUT2D eigenvalue weighted by molar-refractivity contribution is -0.0815. The van der Waals surface area contributed by atoms with Crippen LogP contribution in [0, 0.1) is 0 Å². The first-order valence-electron chi connectivity index (χ1n) is 3.90. The molecule has 0 fully saturated rings. The Morgan fingerprint density at radius 2 is 1.80 bits per heavy atom. The highest BCUT2D eigenvalue weighted by atomic mass is 19.4. The zero-order valence-corrected chi connectivity index (χ0v) is 7.77. The van der Waals surface area contributed by atoms with Crippen LogP contribution in [0.5, 0.6) is 0 Å². The molecular formula is C8H8F3N3O. The van der Waals surface area contributed by atoms with Crippen LogP contribution < -0.4 is 5.12 Å². The van der Waals surface area contributed by atoms with Gasteiger partial charge in [0, 0.05) is 5.34 Å². The van der Waals surface area contributed by atoms with E-state index in [0.717, 1.165) is 7.11 Å². The Morgan fingerprint density at radius 3 is 2.27 bits per heavy atom. The van der Waals surface area contributed by atoms with Gasteiger partial charge in [-0.15, -0.1) is 5.12 Å². The van der Waals surface area contributed by atoms with Gasteiger partial charge in [-0.2, -0.15) is 0 Å². The molecule has 0 amide bonds. The van der Waals surface area contributed by atoms with Crippen LogP contribution in [0.3, 0.4) is 0 Å². The number of para-hydroxylation sites is 1. The van der Waals surface area contributed by atoms with Crippen molar-refractivity contribution in [2.24, 2.45) is 5.16 Å². The predicted octanol–water partition coefficient (Wildman–Crippen LogP) is 2.37. The summed E-state index contributed by atoms with van der Waals surface area (Å²) >= 11 is 0. The summed E-state index contributed by atoms with van der Waals surface area (Å²) in [5.74, 6) is -1.25. The van der Waals surface area contributed by atoms with Crippen molar-refractivity contribution >= 4 is 11.6 Å². The van der Waals surface area contributed by atoms with E-state index in [0.29, 0.717) is 0 Å². The van der Waals surface area contributed by atoms with E-state index in [1.54, 1.807) is 6.07 Å². The molecule has 7 heteroatoms. The van der Waals surface area contributed by atoms with Crippen LogP contribution >= 0.6 is 0 Å². The quantitative estimate of drug-likeness (QED) is 0.331. The molecular weight excluding hydrogens is 211 g/mol. The first kappa shape index (κ1) is 11.2. The van der Waals surface area contributed by atoms with E-state index in [1.165, 1.54) is 24.3 Å². The number of oxime groups is 1. The fraction of sp³-hybridized carbons (Fsp3) is 0.125. The summed E-state index contributed by atoms with van der Waals surface area (Å²) in [7, 11) is 1.04. The van der Waals surface area contributed by atoms with Gasteiger partial charge in [-0.05, 0) is 17.3 Å². The number of hydrogen-bond acceptors (Lipinski definition) is 2. The summed E-state index contributed by atoms with van der Waals surface area (Å²) in [6.45, 7) is 0. The highest BCUT2D eigenvalue weighted by Gasteiger charge is 2.21. The SMILES string of the molecule is CON=C(N(F)F)N(F)c1ccccc1. The van der Waals surface area contributed by atoms with E-state index in [2.05, 4.69) is 9.99 Å². The Balaban J connectivity index is 2.91. The maximum atomic E-state index is 13.3. The molecule has 0 N–H and O–H groups in total. The fourth-order valence-corrected chi connectivity index (χ4v) is 0.889. The molecule has 15 heavy (non-hydrogen) atoms. The number of hydrogen-bond donors (Lipinski definition) is 0. The van der Waals surface area contributed by atoms with Gasteiger partial charge in [0.25, 0.3) is 0 Å². The highest BCUT2D eigenvalue weighted by Crippen LogP contribution is 2.16. The summed E-state index contributed by atoms with van der Waals surface area (Å²) in [5.41, 5.74) is -0.0754. The van der Waals surface area contributed by atoms with Gasteiger partial charge in [-0.1, -0.05) is 31.6 Å². The molecule has 0 aliphatic heterocycles. The molecule has 0 aliphatic carbocycles. The Morgan fingerprint density at radius 1 is 1.20 bits per heavy atom. The Labute approximate surface area is 83.9 Å². The summed E-state index contributed by atoms with van der Waals surface area (Å²) in [4.78, 5) is 4.09. The monoisotopic (exact) mass is 219 g/mol. The van der Waals surface area contributed by atoms with Crippen molar-refractivity contribution in [3.05, 3.63) is 30.3 Å². The second-order valence-corrected chi connectivity index (χ2v) is 2.42. The lowest BCUT2D eigenvalue weighted by atomic mass is 10.3. The molecule has 0 saturated carbocycles. The number of halogens is 3. The van der Waals surface area contributed by atoms with Gasteiger partial charge < -0.3 is 4.84 Å². The van der Waals surface area contributed by atoms with E-state index in [4.69, 9.17) is 0 Å². The van der Waals surface area contributed by atoms with Crippen molar-refractivity contribution in [2.75, 3.05) is 12.2 Å². The minimum atomic E-state index is -1.48. The molecule has 1 rings (SSSR count). The van der Waals surface area contributed by atoms with Gasteiger partial charge in [0.1, 0.15) is 7.11 Å². The van der Waals surface area contributed by atoms with E-state index in [1.807, 2.05) is 0 Å². The molecule has 0 atom stereocenters. The first-order chi connectivity index (χ1) is 7.16. The summed E-state index contributed by atoms with van der Waals surface area (Å²) in [5, 5.41) is 1.08. The van der Waals surface area contributed by atoms with Crippen LogP contribution in [-0.4, -0.2) is 18.4 Å². The summed E-state index contributed by atoms with van der Waals surface area (Å²) in [6.07, 6.45) is 0. The molecule has 1 aromatic carbocycles. The zero-order chi connectivity index (χ0) is 11.3. The predicted molar refractivity (Wildman–Crippen MR) is 48.5 cm³/mol. The van der Waals surface area contributed by atoms with Crippen LogP contribution in [-0.2, 0) is 4.84 Å². The highest BCUT2D eigenvalue weighted by molar-refractivity contribution is 5.92. The molecule has 0 aromatic heterocycles. The number of guanidine groups is 1. The maximum Gasteiger partial charge on any atom is 0.332 e. The third-order valence-electron chi connectivity index (χ3n) is 1.48. The van der Waals surface area contributed by atoms with Crippen LogP contribution in [0.1, 0.15) is 0 Å². The number of anilines is 1. The Bertz CT molecular complexity index is 331. The van der Waals surface area contributed by atoms with Crippen molar-refractivity contribution < 1.29 is 18.3 Å². The van der Waals surface area contributed by atoms with E-state index < -0.39 is 11.3 Å². The number of rotatable bonds is 2. The smallest absolute Gasteiger partial charge is 0.332 e. The van der Waals surface area contributed by atoms with Crippen molar-refractivity contribution in [1.82, 2.24) is 5.34 Å². The minimum Gasteiger partial charge on any atom is -0.396 e. The molecule has 0 heterocycles. The lowest BCUT2D eigenvalue weighted by Crippen LogP contribution is -2.31. The van der Waals surface area contributed by atoms with Gasteiger partial charge in [0.2, 0.25) is 0 Å². The van der Waals surface area contributed by atoms with Crippen molar-refractivity contribution in [3.63, 3.8) is 0 Å². The summed E-state index contributed by atoms with van der Waals surface area (Å²) < 4.78 is 37.7. The second kappa shape index (κ2) is 5.08. The topological polar surface area (TPSA) is 28.1 Å². The molecule has 1 aromatic rings. The molecule has 0 bridgehead atoms. The minimum absolute atomic E-state index is 0.0754. The number of nitrogens with zero attached hydrogens (tertiary/aromatic N) is 3. The third kappa shape index (κ3) is 2.76. The number of benzene rings is 1. The van der Waals surface area contributed by atoms with Gasteiger partial charge in [0.05, 0.1) is 5.69 Å². The maximum absolute atomic E-state index is 13.3. The lowest BCUT2D eigenvalue weighted by Gasteiger charge is -2.14. The average Bonchev–Trinajstić information content (AvgIpc) is 2.26. The standard InChI is InChI=1S/C8H8F3N3O/c1-15-12-8(14(10)11)13(9)7-5-3-2-4-6-7/h2-6H,1H3. The normalized spacial score (nSPS) is 11.1. The van der Waals surface area contributed by atoms with Crippen molar-refractivity contribution in [1.29, 1.82) is 0 Å². The van der Waals surface area contributed by atoms with E-state index >= 15 is 0 Å². The van der Waals surface area contributed by atoms with Gasteiger partial charge in [-0.3, -0.25) is 0 Å². The van der Waals surface area contributed by atoms with E-state index in [-0.39, 0.29) is 10.8 Å². The molecule has 4 nitrogen and oxygen atoms in total. The van der Waals surface area contributed by atoms with Gasteiger partial charge in [0.15, 0.2) is 0 Å². The second-order valence-electron chi connectivity index (χ2n) is 2.42. The van der Waals surface area contributed by atoms with Gasteiger partial charge >= 0.3 is 5.96 Å². The molecule has 0 radical (unpaired) electrons. The Kier molecular flexibility index (Phi) is 3.78.